The Kier molecular flexibility index (Phi) is 4.32. The number of rotatable bonds is 4. The van der Waals surface area contributed by atoms with Crippen molar-refractivity contribution in [3.05, 3.63) is 15.6 Å². The van der Waals surface area contributed by atoms with Crippen LogP contribution in [0.2, 0.25) is 0 Å². The quantitative estimate of drug-likeness (QED) is 0.733. The fourth-order valence-corrected chi connectivity index (χ4v) is 3.03. The van der Waals surface area contributed by atoms with Crippen molar-refractivity contribution in [2.24, 2.45) is 11.8 Å². The molecule has 0 bridgehead atoms. The van der Waals surface area contributed by atoms with Crippen molar-refractivity contribution in [1.29, 1.82) is 0 Å². The van der Waals surface area contributed by atoms with E-state index in [1.54, 1.807) is 0 Å². The average molecular weight is 225 g/mol. The monoisotopic (exact) mass is 225 g/mol. The maximum absolute atomic E-state index is 4.70. The molecule has 0 saturated heterocycles. The van der Waals surface area contributed by atoms with Crippen molar-refractivity contribution >= 4 is 11.3 Å². The maximum atomic E-state index is 4.70. The summed E-state index contributed by atoms with van der Waals surface area (Å²) < 4.78 is 0. The summed E-state index contributed by atoms with van der Waals surface area (Å²) in [5.41, 5.74) is 1.21. The number of nitrogens with zero attached hydrogens (tertiary/aromatic N) is 1. The lowest BCUT2D eigenvalue weighted by Gasteiger charge is -2.20. The summed E-state index contributed by atoms with van der Waals surface area (Å²) in [6, 6.07) is 0. The van der Waals surface area contributed by atoms with Crippen molar-refractivity contribution < 1.29 is 0 Å². The Morgan fingerprint density at radius 1 is 1.13 bits per heavy atom. The second-order valence-electron chi connectivity index (χ2n) is 5.17. The minimum absolute atomic E-state index is 0.641. The second-order valence-corrected chi connectivity index (χ2v) is 6.41. The summed E-state index contributed by atoms with van der Waals surface area (Å²) in [5.74, 6) is 2.08. The third-order valence-electron chi connectivity index (χ3n) is 2.89. The molecule has 86 valence electrons. The van der Waals surface area contributed by atoms with Crippen LogP contribution in [0.4, 0.5) is 0 Å². The van der Waals surface area contributed by atoms with Gasteiger partial charge in [0.25, 0.3) is 0 Å². The van der Waals surface area contributed by atoms with Crippen molar-refractivity contribution in [3.63, 3.8) is 0 Å². The van der Waals surface area contributed by atoms with Gasteiger partial charge in [-0.15, -0.1) is 11.3 Å². The minimum atomic E-state index is 0.641. The Morgan fingerprint density at radius 3 is 2.07 bits per heavy atom. The van der Waals surface area contributed by atoms with Crippen molar-refractivity contribution in [2.75, 3.05) is 0 Å². The lowest BCUT2D eigenvalue weighted by atomic mass is 9.88. The molecule has 0 aliphatic rings. The van der Waals surface area contributed by atoms with Gasteiger partial charge >= 0.3 is 0 Å². The van der Waals surface area contributed by atoms with Gasteiger partial charge in [-0.2, -0.15) is 0 Å². The summed E-state index contributed by atoms with van der Waals surface area (Å²) in [6.07, 6.45) is 1.25. The topological polar surface area (TPSA) is 12.9 Å². The molecule has 0 amide bonds. The number of aryl methyl sites for hydroxylation is 2. The van der Waals surface area contributed by atoms with E-state index in [0.29, 0.717) is 11.8 Å². The third kappa shape index (κ3) is 3.30. The van der Waals surface area contributed by atoms with Crippen LogP contribution in [0.5, 0.6) is 0 Å². The Hall–Kier alpha value is -0.370. The van der Waals surface area contributed by atoms with E-state index in [1.165, 1.54) is 22.0 Å². The van der Waals surface area contributed by atoms with Crippen LogP contribution in [-0.2, 0) is 0 Å². The summed E-state index contributed by atoms with van der Waals surface area (Å²) in [6.45, 7) is 13.5. The first-order valence-corrected chi connectivity index (χ1v) is 6.67. The molecule has 1 heterocycles. The first-order chi connectivity index (χ1) is 6.91. The molecular formula is C13H23NS. The summed E-state index contributed by atoms with van der Waals surface area (Å²) in [7, 11) is 0. The summed E-state index contributed by atoms with van der Waals surface area (Å²) in [5, 5.41) is 1.34. The molecule has 0 radical (unpaired) electrons. The van der Waals surface area contributed by atoms with E-state index < -0.39 is 0 Å². The number of aromatic nitrogens is 1. The zero-order valence-electron chi connectivity index (χ0n) is 10.8. The van der Waals surface area contributed by atoms with Crippen LogP contribution in [0.25, 0.3) is 0 Å². The molecule has 0 spiro atoms. The fraction of sp³-hybridized carbons (Fsp3) is 0.769. The standard InChI is InChI=1S/C13H23NS/c1-8(2)7-12(9(3)4)13-14-10(5)11(6)15-13/h8-9,12H,7H2,1-6H3. The van der Waals surface area contributed by atoms with Crippen LogP contribution < -0.4 is 0 Å². The third-order valence-corrected chi connectivity index (χ3v) is 4.10. The number of thiazole rings is 1. The highest BCUT2D eigenvalue weighted by Gasteiger charge is 2.21. The molecule has 1 nitrogen and oxygen atoms in total. The molecule has 1 aromatic rings. The summed E-state index contributed by atoms with van der Waals surface area (Å²) >= 11 is 1.88. The van der Waals surface area contributed by atoms with Crippen LogP contribution in [0.15, 0.2) is 0 Å². The van der Waals surface area contributed by atoms with E-state index >= 15 is 0 Å². The highest BCUT2D eigenvalue weighted by atomic mass is 32.1. The van der Waals surface area contributed by atoms with E-state index in [1.807, 2.05) is 11.3 Å². The van der Waals surface area contributed by atoms with E-state index in [4.69, 9.17) is 4.98 Å². The fourth-order valence-electron chi connectivity index (χ4n) is 1.82. The van der Waals surface area contributed by atoms with E-state index in [0.717, 1.165) is 5.92 Å². The smallest absolute Gasteiger partial charge is 0.0964 e. The molecule has 0 aliphatic carbocycles. The molecule has 2 heteroatoms. The average Bonchev–Trinajstić information content (AvgIpc) is 2.42. The first kappa shape index (κ1) is 12.7. The van der Waals surface area contributed by atoms with Crippen molar-refractivity contribution in [3.8, 4) is 0 Å². The van der Waals surface area contributed by atoms with Crippen molar-refractivity contribution in [1.82, 2.24) is 4.98 Å². The molecule has 1 unspecified atom stereocenters. The van der Waals surface area contributed by atoms with Gasteiger partial charge in [0, 0.05) is 10.8 Å². The molecule has 15 heavy (non-hydrogen) atoms. The zero-order valence-corrected chi connectivity index (χ0v) is 11.6. The Morgan fingerprint density at radius 2 is 1.73 bits per heavy atom. The molecule has 1 atom stereocenters. The highest BCUT2D eigenvalue weighted by molar-refractivity contribution is 7.11. The van der Waals surface area contributed by atoms with Gasteiger partial charge in [0.05, 0.1) is 10.7 Å². The van der Waals surface area contributed by atoms with Gasteiger partial charge in [0.1, 0.15) is 0 Å². The molecule has 1 rings (SSSR count). The van der Waals surface area contributed by atoms with Gasteiger partial charge in [0.2, 0.25) is 0 Å². The second kappa shape index (κ2) is 5.11. The summed E-state index contributed by atoms with van der Waals surface area (Å²) in [4.78, 5) is 6.08. The van der Waals surface area contributed by atoms with E-state index in [9.17, 15) is 0 Å². The molecule has 0 fully saturated rings. The van der Waals surface area contributed by atoms with E-state index in [-0.39, 0.29) is 0 Å². The van der Waals surface area contributed by atoms with Crippen molar-refractivity contribution in [2.45, 2.75) is 53.9 Å². The molecule has 1 aromatic heterocycles. The SMILES string of the molecule is Cc1nc(C(CC(C)C)C(C)C)sc1C. The lowest BCUT2D eigenvalue weighted by molar-refractivity contribution is 0.406. The van der Waals surface area contributed by atoms with Crippen LogP contribution in [0.1, 0.15) is 55.6 Å². The zero-order chi connectivity index (χ0) is 11.6. The molecule has 0 saturated carbocycles. The predicted molar refractivity (Wildman–Crippen MR) is 68.6 cm³/mol. The maximum Gasteiger partial charge on any atom is 0.0964 e. The first-order valence-electron chi connectivity index (χ1n) is 5.85. The minimum Gasteiger partial charge on any atom is -0.246 e. The van der Waals surface area contributed by atoms with Gasteiger partial charge in [-0.05, 0) is 32.1 Å². The van der Waals surface area contributed by atoms with Gasteiger partial charge in [0.15, 0.2) is 0 Å². The van der Waals surface area contributed by atoms with Crippen LogP contribution in [-0.4, -0.2) is 4.98 Å². The highest BCUT2D eigenvalue weighted by Crippen LogP contribution is 2.34. The Labute approximate surface area is 97.9 Å². The van der Waals surface area contributed by atoms with Crippen LogP contribution in [0.3, 0.4) is 0 Å². The number of hydrogen-bond acceptors (Lipinski definition) is 2. The van der Waals surface area contributed by atoms with Crippen LogP contribution in [0, 0.1) is 25.7 Å². The molecular weight excluding hydrogens is 202 g/mol. The molecule has 0 N–H and O–H groups in total. The van der Waals surface area contributed by atoms with E-state index in [2.05, 4.69) is 41.5 Å². The van der Waals surface area contributed by atoms with Gasteiger partial charge in [-0.25, -0.2) is 4.98 Å². The van der Waals surface area contributed by atoms with Gasteiger partial charge in [-0.1, -0.05) is 27.7 Å². The van der Waals surface area contributed by atoms with Gasteiger partial charge in [-0.3, -0.25) is 0 Å². The Balaban J connectivity index is 2.89. The molecule has 0 aromatic carbocycles. The molecule has 0 aliphatic heterocycles. The van der Waals surface area contributed by atoms with Gasteiger partial charge < -0.3 is 0 Å². The lowest BCUT2D eigenvalue weighted by Crippen LogP contribution is -2.09. The number of hydrogen-bond donors (Lipinski definition) is 0. The normalized spacial score (nSPS) is 13.9. The largest absolute Gasteiger partial charge is 0.246 e. The predicted octanol–water partition coefficient (Wildman–Crippen LogP) is 4.55. The Bertz CT molecular complexity index is 293. The van der Waals surface area contributed by atoms with Crippen LogP contribution >= 0.6 is 11.3 Å².